The standard InChI is InChI=1S/C21H30N2O3/c1-14(2)26-12-6-11-22-13-19-16(4)23(17(5)20(19)21(24)25)18-9-7-15(3)8-10-18/h7-10,14,22H,6,11-13H2,1-5H3,(H,24,25). The van der Waals surface area contributed by atoms with Crippen molar-refractivity contribution < 1.29 is 14.6 Å². The second-order valence-electron chi connectivity index (χ2n) is 6.95. The van der Waals surface area contributed by atoms with Crippen LogP contribution in [0.4, 0.5) is 0 Å². The molecule has 0 saturated carbocycles. The fourth-order valence-electron chi connectivity index (χ4n) is 3.21. The highest BCUT2D eigenvalue weighted by Crippen LogP contribution is 2.26. The zero-order valence-corrected chi connectivity index (χ0v) is 16.4. The molecule has 1 heterocycles. The van der Waals surface area contributed by atoms with Crippen molar-refractivity contribution in [3.8, 4) is 5.69 Å². The van der Waals surface area contributed by atoms with Gasteiger partial charge in [0.05, 0.1) is 11.7 Å². The summed E-state index contributed by atoms with van der Waals surface area (Å²) >= 11 is 0. The van der Waals surface area contributed by atoms with Gasteiger partial charge in [0.15, 0.2) is 0 Å². The van der Waals surface area contributed by atoms with Crippen molar-refractivity contribution in [2.75, 3.05) is 13.2 Å². The molecule has 0 saturated heterocycles. The summed E-state index contributed by atoms with van der Waals surface area (Å²) in [4.78, 5) is 11.8. The summed E-state index contributed by atoms with van der Waals surface area (Å²) in [6, 6.07) is 8.14. The van der Waals surface area contributed by atoms with E-state index in [4.69, 9.17) is 4.74 Å². The zero-order chi connectivity index (χ0) is 19.3. The average Bonchev–Trinajstić information content (AvgIpc) is 2.82. The lowest BCUT2D eigenvalue weighted by Crippen LogP contribution is -2.19. The highest BCUT2D eigenvalue weighted by atomic mass is 16.5. The first-order chi connectivity index (χ1) is 12.3. The largest absolute Gasteiger partial charge is 0.478 e. The molecule has 5 heteroatoms. The van der Waals surface area contributed by atoms with E-state index in [2.05, 4.69) is 5.32 Å². The minimum Gasteiger partial charge on any atom is -0.478 e. The van der Waals surface area contributed by atoms with Gasteiger partial charge in [0.2, 0.25) is 0 Å². The molecule has 2 aromatic rings. The fraction of sp³-hybridized carbons (Fsp3) is 0.476. The summed E-state index contributed by atoms with van der Waals surface area (Å²) in [5.74, 6) is -0.878. The number of hydrogen-bond acceptors (Lipinski definition) is 3. The van der Waals surface area contributed by atoms with Gasteiger partial charge < -0.3 is 19.7 Å². The molecule has 0 unspecified atom stereocenters. The second-order valence-corrected chi connectivity index (χ2v) is 6.95. The van der Waals surface area contributed by atoms with Crippen molar-refractivity contribution in [1.82, 2.24) is 9.88 Å². The normalized spacial score (nSPS) is 11.3. The predicted molar refractivity (Wildman–Crippen MR) is 104 cm³/mol. The Labute approximate surface area is 156 Å². The molecule has 1 aromatic heterocycles. The summed E-state index contributed by atoms with van der Waals surface area (Å²) in [5, 5.41) is 13.1. The van der Waals surface area contributed by atoms with Crippen LogP contribution in [-0.4, -0.2) is 34.9 Å². The van der Waals surface area contributed by atoms with Gasteiger partial charge in [0.25, 0.3) is 0 Å². The molecular weight excluding hydrogens is 328 g/mol. The van der Waals surface area contributed by atoms with Crippen LogP contribution in [0, 0.1) is 20.8 Å². The van der Waals surface area contributed by atoms with E-state index in [1.54, 1.807) is 0 Å². The number of carbonyl (C=O) groups is 1. The molecule has 0 atom stereocenters. The van der Waals surface area contributed by atoms with Crippen LogP contribution in [0.25, 0.3) is 5.69 Å². The topological polar surface area (TPSA) is 63.5 Å². The van der Waals surface area contributed by atoms with E-state index in [9.17, 15) is 9.90 Å². The fourth-order valence-corrected chi connectivity index (χ4v) is 3.21. The van der Waals surface area contributed by atoms with Crippen molar-refractivity contribution in [2.45, 2.75) is 53.7 Å². The molecule has 2 rings (SSSR count). The molecule has 2 N–H and O–H groups in total. The molecule has 1 aromatic carbocycles. The van der Waals surface area contributed by atoms with Crippen LogP contribution in [0.3, 0.4) is 0 Å². The number of aromatic carboxylic acids is 1. The summed E-state index contributed by atoms with van der Waals surface area (Å²) in [6.07, 6.45) is 1.14. The first-order valence-corrected chi connectivity index (χ1v) is 9.16. The van der Waals surface area contributed by atoms with Gasteiger partial charge in [-0.1, -0.05) is 17.7 Å². The number of rotatable bonds is 9. The third-order valence-electron chi connectivity index (χ3n) is 4.53. The van der Waals surface area contributed by atoms with Crippen molar-refractivity contribution in [3.05, 3.63) is 52.3 Å². The monoisotopic (exact) mass is 358 g/mol. The van der Waals surface area contributed by atoms with E-state index >= 15 is 0 Å². The van der Waals surface area contributed by atoms with Crippen LogP contribution < -0.4 is 5.32 Å². The molecular formula is C21H30N2O3. The molecule has 5 nitrogen and oxygen atoms in total. The minimum absolute atomic E-state index is 0.238. The Morgan fingerprint density at radius 2 is 1.81 bits per heavy atom. The van der Waals surface area contributed by atoms with Crippen LogP contribution in [0.2, 0.25) is 0 Å². The van der Waals surface area contributed by atoms with E-state index in [1.165, 1.54) is 5.56 Å². The van der Waals surface area contributed by atoms with Gasteiger partial charge in [-0.2, -0.15) is 0 Å². The molecule has 0 aliphatic carbocycles. The SMILES string of the molecule is Cc1ccc(-n2c(C)c(CNCCCOC(C)C)c(C(=O)O)c2C)cc1. The lowest BCUT2D eigenvalue weighted by molar-refractivity contribution is 0.0693. The Morgan fingerprint density at radius 1 is 1.15 bits per heavy atom. The summed E-state index contributed by atoms with van der Waals surface area (Å²) in [6.45, 7) is 12.0. The van der Waals surface area contributed by atoms with Crippen LogP contribution in [0.1, 0.15) is 53.1 Å². The van der Waals surface area contributed by atoms with Gasteiger partial charge in [-0.25, -0.2) is 4.79 Å². The van der Waals surface area contributed by atoms with Crippen LogP contribution in [0.5, 0.6) is 0 Å². The lowest BCUT2D eigenvalue weighted by atomic mass is 10.1. The maximum absolute atomic E-state index is 11.8. The van der Waals surface area contributed by atoms with Gasteiger partial charge in [0, 0.05) is 35.8 Å². The Hall–Kier alpha value is -2.11. The molecule has 0 radical (unpaired) electrons. The van der Waals surface area contributed by atoms with Gasteiger partial charge in [-0.05, 0) is 59.7 Å². The predicted octanol–water partition coefficient (Wildman–Crippen LogP) is 4.01. The maximum Gasteiger partial charge on any atom is 0.337 e. The highest BCUT2D eigenvalue weighted by molar-refractivity contribution is 5.91. The Bertz CT molecular complexity index is 746. The number of ether oxygens (including phenoxy) is 1. The number of nitrogens with one attached hydrogen (secondary N) is 1. The van der Waals surface area contributed by atoms with Gasteiger partial charge in [0.1, 0.15) is 0 Å². The maximum atomic E-state index is 11.8. The van der Waals surface area contributed by atoms with Gasteiger partial charge in [-0.3, -0.25) is 0 Å². The number of nitrogens with zero attached hydrogens (tertiary/aromatic N) is 1. The van der Waals surface area contributed by atoms with Crippen molar-refractivity contribution in [3.63, 3.8) is 0 Å². The molecule has 0 amide bonds. The number of hydrogen-bond donors (Lipinski definition) is 2. The summed E-state index contributed by atoms with van der Waals surface area (Å²) in [7, 11) is 0. The number of benzene rings is 1. The molecule has 0 spiro atoms. The quantitative estimate of drug-likeness (QED) is 0.665. The Morgan fingerprint density at radius 3 is 2.38 bits per heavy atom. The van der Waals surface area contributed by atoms with Crippen molar-refractivity contribution in [1.29, 1.82) is 0 Å². The van der Waals surface area contributed by atoms with Gasteiger partial charge >= 0.3 is 5.97 Å². The van der Waals surface area contributed by atoms with Gasteiger partial charge in [-0.15, -0.1) is 0 Å². The van der Waals surface area contributed by atoms with E-state index in [0.717, 1.165) is 35.6 Å². The molecule has 0 aliphatic heterocycles. The molecule has 0 fully saturated rings. The van der Waals surface area contributed by atoms with E-state index in [-0.39, 0.29) is 6.10 Å². The lowest BCUT2D eigenvalue weighted by Gasteiger charge is -2.11. The van der Waals surface area contributed by atoms with Crippen LogP contribution >= 0.6 is 0 Å². The summed E-state index contributed by atoms with van der Waals surface area (Å²) < 4.78 is 7.56. The number of aromatic nitrogens is 1. The smallest absolute Gasteiger partial charge is 0.337 e. The highest BCUT2D eigenvalue weighted by Gasteiger charge is 2.22. The first-order valence-electron chi connectivity index (χ1n) is 9.16. The molecule has 0 bridgehead atoms. The average molecular weight is 358 g/mol. The molecule has 142 valence electrons. The first kappa shape index (κ1) is 20.2. The van der Waals surface area contributed by atoms with Crippen molar-refractivity contribution >= 4 is 5.97 Å². The Balaban J connectivity index is 2.19. The number of aryl methyl sites for hydroxylation is 1. The minimum atomic E-state index is -0.878. The van der Waals surface area contributed by atoms with Crippen LogP contribution in [0.15, 0.2) is 24.3 Å². The third-order valence-corrected chi connectivity index (χ3v) is 4.53. The Kier molecular flexibility index (Phi) is 7.00. The molecule has 26 heavy (non-hydrogen) atoms. The zero-order valence-electron chi connectivity index (χ0n) is 16.4. The second kappa shape index (κ2) is 9.01. The van der Waals surface area contributed by atoms with E-state index in [1.807, 2.05) is 63.5 Å². The summed E-state index contributed by atoms with van der Waals surface area (Å²) in [5.41, 5.74) is 5.15. The molecule has 0 aliphatic rings. The number of carboxylic acids is 1. The third kappa shape index (κ3) is 4.74. The van der Waals surface area contributed by atoms with Crippen LogP contribution in [-0.2, 0) is 11.3 Å². The van der Waals surface area contributed by atoms with E-state index < -0.39 is 5.97 Å². The van der Waals surface area contributed by atoms with E-state index in [0.29, 0.717) is 18.7 Å². The number of carboxylic acid groups (broad SMARTS) is 1. The van der Waals surface area contributed by atoms with Crippen molar-refractivity contribution in [2.24, 2.45) is 0 Å².